The quantitative estimate of drug-likeness (QED) is 0.439. The maximum Gasteiger partial charge on any atom is 0.407 e. The molecule has 2 atom stereocenters. The Morgan fingerprint density at radius 3 is 2.70 bits per heavy atom. The lowest BCUT2D eigenvalue weighted by Crippen LogP contribution is -2.55. The average Bonchev–Trinajstić information content (AvgIpc) is 3.33. The Bertz CT molecular complexity index is 1480. The standard InChI is InChI=1S/C27H27ClF2N6O4/c1-34-9-3-4-16(34)14-40-26-32-24-17(12-18(28)21(23(24)30)22-19(29)5-2-6-20(22)37)25(33-26)35-10-11-36(27(38)39)15(13-35)7-8-31/h2,5-6,12,15-16,37H,3-4,7,9-11,13-14H2,1H3,(H,38,39)/t15?,16-/m0/s1. The number of likely N-dealkylation sites (tertiary alicyclic amines) is 1. The Hall–Kier alpha value is -3.95. The number of halogens is 3. The number of hydrogen-bond acceptors (Lipinski definition) is 8. The average molecular weight is 573 g/mol. The number of benzene rings is 2. The monoisotopic (exact) mass is 572 g/mol. The SMILES string of the molecule is CN1CCC[C@H]1COc1nc(N2CCN(C(=O)O)C(CC#N)C2)c2cc(Cl)c(-c3c(O)cccc3F)c(F)c2n1. The van der Waals surface area contributed by atoms with Crippen LogP contribution in [0.2, 0.25) is 5.02 Å². The topological polar surface area (TPSA) is 126 Å². The van der Waals surface area contributed by atoms with Crippen molar-refractivity contribution in [2.75, 3.05) is 44.7 Å². The van der Waals surface area contributed by atoms with E-state index in [1.54, 1.807) is 4.90 Å². The number of hydrogen-bond donors (Lipinski definition) is 2. The first-order chi connectivity index (χ1) is 19.2. The first kappa shape index (κ1) is 27.6. The Kier molecular flexibility index (Phi) is 7.78. The molecule has 1 aromatic heterocycles. The summed E-state index contributed by atoms with van der Waals surface area (Å²) in [5.41, 5.74) is -0.945. The smallest absolute Gasteiger partial charge is 0.407 e. The summed E-state index contributed by atoms with van der Waals surface area (Å²) in [5.74, 6) is -2.07. The molecule has 0 radical (unpaired) electrons. The van der Waals surface area contributed by atoms with Gasteiger partial charge in [-0.25, -0.2) is 13.6 Å². The zero-order valence-corrected chi connectivity index (χ0v) is 22.4. The fourth-order valence-electron chi connectivity index (χ4n) is 5.40. The second-order valence-electron chi connectivity index (χ2n) is 9.93. The number of likely N-dealkylation sites (N-methyl/N-ethyl adjacent to an activating group) is 1. The summed E-state index contributed by atoms with van der Waals surface area (Å²) in [5, 5.41) is 29.2. The fourth-order valence-corrected chi connectivity index (χ4v) is 5.68. The highest BCUT2D eigenvalue weighted by atomic mass is 35.5. The first-order valence-corrected chi connectivity index (χ1v) is 13.2. The van der Waals surface area contributed by atoms with Crippen LogP contribution in [0.5, 0.6) is 11.8 Å². The minimum Gasteiger partial charge on any atom is -0.507 e. The van der Waals surface area contributed by atoms with Gasteiger partial charge in [-0.2, -0.15) is 15.2 Å². The number of carbonyl (C=O) groups is 1. The number of nitrogens with zero attached hydrogens (tertiary/aromatic N) is 6. The van der Waals surface area contributed by atoms with Crippen molar-refractivity contribution in [3.8, 4) is 29.0 Å². The summed E-state index contributed by atoms with van der Waals surface area (Å²) in [4.78, 5) is 25.7. The molecule has 2 aliphatic rings. The van der Waals surface area contributed by atoms with E-state index < -0.39 is 35.1 Å². The van der Waals surface area contributed by atoms with Crippen LogP contribution in [0.15, 0.2) is 24.3 Å². The molecule has 0 bridgehead atoms. The van der Waals surface area contributed by atoms with Crippen molar-refractivity contribution >= 4 is 34.4 Å². The lowest BCUT2D eigenvalue weighted by atomic mass is 10.0. The van der Waals surface area contributed by atoms with Gasteiger partial charge >= 0.3 is 12.1 Å². The van der Waals surface area contributed by atoms with E-state index in [1.807, 2.05) is 13.1 Å². The van der Waals surface area contributed by atoms with Crippen molar-refractivity contribution in [1.29, 1.82) is 5.26 Å². The van der Waals surface area contributed by atoms with Gasteiger partial charge in [0.2, 0.25) is 0 Å². The number of anilines is 1. The molecule has 2 aliphatic heterocycles. The Morgan fingerprint density at radius 1 is 1.23 bits per heavy atom. The highest BCUT2D eigenvalue weighted by Crippen LogP contribution is 2.43. The van der Waals surface area contributed by atoms with Gasteiger partial charge in [0.05, 0.1) is 29.1 Å². The van der Waals surface area contributed by atoms with Crippen LogP contribution in [0.4, 0.5) is 19.4 Å². The zero-order valence-electron chi connectivity index (χ0n) is 21.6. The number of ether oxygens (including phenoxy) is 1. The van der Waals surface area contributed by atoms with Crippen LogP contribution >= 0.6 is 11.6 Å². The molecule has 5 rings (SSSR count). The first-order valence-electron chi connectivity index (χ1n) is 12.8. The van der Waals surface area contributed by atoms with Gasteiger partial charge < -0.3 is 29.6 Å². The van der Waals surface area contributed by atoms with Crippen LogP contribution in [0.25, 0.3) is 22.0 Å². The fraction of sp³-hybridized carbons (Fsp3) is 0.407. The van der Waals surface area contributed by atoms with Gasteiger partial charge in [-0.1, -0.05) is 17.7 Å². The largest absolute Gasteiger partial charge is 0.507 e. The van der Waals surface area contributed by atoms with Crippen molar-refractivity contribution in [3.63, 3.8) is 0 Å². The van der Waals surface area contributed by atoms with E-state index in [0.717, 1.165) is 25.5 Å². The summed E-state index contributed by atoms with van der Waals surface area (Å²) >= 11 is 6.49. The summed E-state index contributed by atoms with van der Waals surface area (Å²) in [6.07, 6.45) is 0.755. The molecule has 0 spiro atoms. The summed E-state index contributed by atoms with van der Waals surface area (Å²) in [6.45, 7) is 1.61. The third kappa shape index (κ3) is 5.14. The molecule has 2 N–H and O–H groups in total. The molecular weight excluding hydrogens is 546 g/mol. The molecule has 2 aromatic carbocycles. The zero-order chi connectivity index (χ0) is 28.6. The molecule has 2 fully saturated rings. The van der Waals surface area contributed by atoms with Crippen molar-refractivity contribution in [2.45, 2.75) is 31.3 Å². The predicted molar refractivity (Wildman–Crippen MR) is 144 cm³/mol. The van der Waals surface area contributed by atoms with Gasteiger partial charge in [-0.05, 0) is 44.6 Å². The van der Waals surface area contributed by atoms with E-state index in [1.165, 1.54) is 23.1 Å². The van der Waals surface area contributed by atoms with E-state index >= 15 is 4.39 Å². The van der Waals surface area contributed by atoms with Crippen LogP contribution in [0, 0.1) is 23.0 Å². The van der Waals surface area contributed by atoms with Crippen molar-refractivity contribution in [1.82, 2.24) is 19.8 Å². The van der Waals surface area contributed by atoms with Crippen molar-refractivity contribution in [2.24, 2.45) is 0 Å². The Balaban J connectivity index is 1.63. The maximum absolute atomic E-state index is 16.2. The molecule has 210 valence electrons. The van der Waals surface area contributed by atoms with Crippen LogP contribution in [0.1, 0.15) is 19.3 Å². The molecule has 0 saturated carbocycles. The van der Waals surface area contributed by atoms with Gasteiger partial charge in [0, 0.05) is 36.6 Å². The second kappa shape index (κ2) is 11.3. The molecule has 3 aromatic rings. The third-order valence-corrected chi connectivity index (χ3v) is 7.81. The Labute approximate surface area is 234 Å². The van der Waals surface area contributed by atoms with E-state index in [2.05, 4.69) is 14.9 Å². The van der Waals surface area contributed by atoms with E-state index in [0.29, 0.717) is 0 Å². The lowest BCUT2D eigenvalue weighted by Gasteiger charge is -2.40. The molecule has 40 heavy (non-hydrogen) atoms. The van der Waals surface area contributed by atoms with E-state index in [-0.39, 0.29) is 72.0 Å². The number of nitriles is 1. The normalized spacial score (nSPS) is 19.7. The van der Waals surface area contributed by atoms with Crippen LogP contribution in [-0.2, 0) is 0 Å². The Morgan fingerprint density at radius 2 is 2.02 bits per heavy atom. The van der Waals surface area contributed by atoms with Gasteiger partial charge in [-0.15, -0.1) is 0 Å². The van der Waals surface area contributed by atoms with Crippen molar-refractivity contribution in [3.05, 3.63) is 40.9 Å². The number of fused-ring (bicyclic) bond motifs is 1. The third-order valence-electron chi connectivity index (χ3n) is 7.52. The molecule has 1 amide bonds. The molecule has 13 heteroatoms. The maximum atomic E-state index is 16.2. The number of rotatable bonds is 6. The molecular formula is C27H27ClF2N6O4. The van der Waals surface area contributed by atoms with E-state index in [4.69, 9.17) is 16.3 Å². The number of amides is 1. The number of phenols is 1. The number of phenolic OH excluding ortho intramolecular Hbond substituents is 1. The number of aromatic nitrogens is 2. The number of carboxylic acid groups (broad SMARTS) is 1. The number of aromatic hydroxyl groups is 1. The van der Waals surface area contributed by atoms with Gasteiger partial charge in [0.25, 0.3) is 0 Å². The molecule has 1 unspecified atom stereocenters. The van der Waals surface area contributed by atoms with Gasteiger partial charge in [0.15, 0.2) is 5.82 Å². The molecule has 3 heterocycles. The summed E-state index contributed by atoms with van der Waals surface area (Å²) in [6, 6.07) is 6.40. The molecule has 2 saturated heterocycles. The van der Waals surface area contributed by atoms with Gasteiger partial charge in [-0.3, -0.25) is 0 Å². The second-order valence-corrected chi connectivity index (χ2v) is 10.3. The highest BCUT2D eigenvalue weighted by molar-refractivity contribution is 6.34. The van der Waals surface area contributed by atoms with Crippen LogP contribution in [-0.4, -0.2) is 88.0 Å². The minimum atomic E-state index is -1.14. The summed E-state index contributed by atoms with van der Waals surface area (Å²) in [7, 11) is 1.99. The molecule has 10 nitrogen and oxygen atoms in total. The highest BCUT2D eigenvalue weighted by Gasteiger charge is 2.33. The van der Waals surface area contributed by atoms with Crippen LogP contribution in [0.3, 0.4) is 0 Å². The van der Waals surface area contributed by atoms with Crippen molar-refractivity contribution < 1.29 is 28.5 Å². The van der Waals surface area contributed by atoms with Crippen LogP contribution < -0.4 is 9.64 Å². The summed E-state index contributed by atoms with van der Waals surface area (Å²) < 4.78 is 36.9. The van der Waals surface area contributed by atoms with E-state index in [9.17, 15) is 24.7 Å². The lowest BCUT2D eigenvalue weighted by molar-refractivity contribution is 0.119. The predicted octanol–water partition coefficient (Wildman–Crippen LogP) is 4.49. The van der Waals surface area contributed by atoms with Gasteiger partial charge in [0.1, 0.15) is 29.5 Å². The minimum absolute atomic E-state index is 0.0466. The number of piperazine rings is 1. The molecule has 0 aliphatic carbocycles.